The molecule has 1 amide bonds. The number of rotatable bonds is 13. The van der Waals surface area contributed by atoms with Crippen molar-refractivity contribution in [2.45, 2.75) is 52.7 Å². The Morgan fingerprint density at radius 3 is 2.49 bits per heavy atom. The van der Waals surface area contributed by atoms with Crippen LogP contribution in [0.5, 0.6) is 5.88 Å². The van der Waals surface area contributed by atoms with E-state index in [0.29, 0.717) is 18.5 Å². The van der Waals surface area contributed by atoms with Crippen LogP contribution in [0.25, 0.3) is 0 Å². The second-order valence-corrected chi connectivity index (χ2v) is 9.48. The summed E-state index contributed by atoms with van der Waals surface area (Å²) < 4.78 is 11.1. The lowest BCUT2D eigenvalue weighted by molar-refractivity contribution is -0.155. The fourth-order valence-corrected chi connectivity index (χ4v) is 4.03. The maximum absolute atomic E-state index is 12.7. The molecule has 3 rings (SSSR count). The number of esters is 1. The molecular formula is C29H35N3O5. The van der Waals surface area contributed by atoms with Crippen LogP contribution in [0.2, 0.25) is 0 Å². The summed E-state index contributed by atoms with van der Waals surface area (Å²) in [6.45, 7) is 6.28. The van der Waals surface area contributed by atoms with Gasteiger partial charge in [0.1, 0.15) is 18.8 Å². The minimum atomic E-state index is -0.662. The quantitative estimate of drug-likeness (QED) is 0.331. The molecule has 2 heterocycles. The van der Waals surface area contributed by atoms with Crippen LogP contribution in [0, 0.1) is 5.41 Å². The Morgan fingerprint density at radius 2 is 1.81 bits per heavy atom. The van der Waals surface area contributed by atoms with Crippen molar-refractivity contribution < 1.29 is 24.2 Å². The maximum atomic E-state index is 12.7. The molecule has 0 fully saturated rings. The number of hydrogen-bond acceptors (Lipinski definition) is 7. The zero-order chi connectivity index (χ0) is 26.7. The molecule has 37 heavy (non-hydrogen) atoms. The topological polar surface area (TPSA) is 111 Å². The zero-order valence-electron chi connectivity index (χ0n) is 21.6. The van der Waals surface area contributed by atoms with Crippen molar-refractivity contribution in [1.82, 2.24) is 15.3 Å². The largest absolute Gasteiger partial charge is 0.472 e. The van der Waals surface area contributed by atoms with Gasteiger partial charge >= 0.3 is 5.97 Å². The molecule has 1 aromatic carbocycles. The van der Waals surface area contributed by atoms with Gasteiger partial charge in [-0.1, -0.05) is 37.3 Å². The minimum absolute atomic E-state index is 0.0118. The van der Waals surface area contributed by atoms with Crippen molar-refractivity contribution in [3.63, 3.8) is 0 Å². The molecule has 196 valence electrons. The minimum Gasteiger partial charge on any atom is -0.472 e. The zero-order valence-corrected chi connectivity index (χ0v) is 21.6. The van der Waals surface area contributed by atoms with E-state index in [1.54, 1.807) is 30.7 Å². The van der Waals surface area contributed by atoms with Crippen LogP contribution < -0.4 is 10.1 Å². The van der Waals surface area contributed by atoms with E-state index < -0.39 is 5.41 Å². The third kappa shape index (κ3) is 8.11. The lowest BCUT2D eigenvalue weighted by Gasteiger charge is -2.27. The first-order valence-electron chi connectivity index (χ1n) is 12.5. The predicted octanol–water partition coefficient (Wildman–Crippen LogP) is 4.43. The summed E-state index contributed by atoms with van der Waals surface area (Å²) in [5, 5.41) is 11.8. The smallest absolute Gasteiger partial charge is 0.311 e. The molecule has 8 heteroatoms. The molecule has 0 saturated carbocycles. The van der Waals surface area contributed by atoms with Gasteiger partial charge in [0, 0.05) is 25.1 Å². The van der Waals surface area contributed by atoms with Gasteiger partial charge in [-0.2, -0.15) is 0 Å². The van der Waals surface area contributed by atoms with Crippen LogP contribution in [0.1, 0.15) is 66.6 Å². The Labute approximate surface area is 218 Å². The van der Waals surface area contributed by atoms with Gasteiger partial charge in [-0.05, 0) is 67.5 Å². The van der Waals surface area contributed by atoms with Crippen LogP contribution >= 0.6 is 0 Å². The summed E-state index contributed by atoms with van der Waals surface area (Å²) in [5.41, 5.74) is 2.67. The van der Waals surface area contributed by atoms with Crippen molar-refractivity contribution >= 4 is 11.9 Å². The molecule has 0 radical (unpaired) electrons. The Bertz CT molecular complexity index is 1150. The number of aromatic nitrogens is 2. The molecule has 0 bridgehead atoms. The summed E-state index contributed by atoms with van der Waals surface area (Å²) in [5.74, 6) is -0.128. The fraction of sp³-hybridized carbons (Fsp3) is 0.379. The number of aliphatic hydroxyl groups is 1. The van der Waals surface area contributed by atoms with Gasteiger partial charge in [0.15, 0.2) is 0 Å². The van der Waals surface area contributed by atoms with E-state index in [0.717, 1.165) is 23.1 Å². The van der Waals surface area contributed by atoms with Crippen LogP contribution in [0.4, 0.5) is 0 Å². The molecule has 0 aliphatic heterocycles. The van der Waals surface area contributed by atoms with Gasteiger partial charge in [0.2, 0.25) is 5.88 Å². The summed E-state index contributed by atoms with van der Waals surface area (Å²) in [7, 11) is 0. The molecular weight excluding hydrogens is 470 g/mol. The molecule has 1 atom stereocenters. The molecule has 3 aromatic rings. The second-order valence-electron chi connectivity index (χ2n) is 9.48. The fourth-order valence-electron chi connectivity index (χ4n) is 4.03. The highest BCUT2D eigenvalue weighted by molar-refractivity contribution is 5.96. The number of nitrogens with one attached hydrogen (secondary N) is 1. The molecule has 0 saturated heterocycles. The van der Waals surface area contributed by atoms with Crippen molar-refractivity contribution in [3.05, 3.63) is 89.4 Å². The normalized spacial score (nSPS) is 12.0. The van der Waals surface area contributed by atoms with Gasteiger partial charge in [-0.3, -0.25) is 14.6 Å². The van der Waals surface area contributed by atoms with Gasteiger partial charge < -0.3 is 19.9 Å². The molecule has 0 spiro atoms. The van der Waals surface area contributed by atoms with Gasteiger partial charge in [-0.25, -0.2) is 4.98 Å². The second kappa shape index (κ2) is 13.5. The molecule has 2 aromatic heterocycles. The Kier molecular flexibility index (Phi) is 10.1. The van der Waals surface area contributed by atoms with E-state index >= 15 is 0 Å². The highest BCUT2D eigenvalue weighted by Crippen LogP contribution is 2.35. The number of nitrogens with zero attached hydrogens (tertiary/aromatic N) is 2. The SMILES string of the molecule is CCC(CC(C)(C)C(=O)OCCO)c1ccc(COc2ncccc2C(=O)NCc2cccnc2)cc1. The first kappa shape index (κ1) is 27.8. The van der Waals surface area contributed by atoms with E-state index in [1.165, 1.54) is 0 Å². The molecule has 0 aliphatic carbocycles. The number of benzene rings is 1. The Hall–Kier alpha value is -3.78. The van der Waals surface area contributed by atoms with E-state index in [4.69, 9.17) is 14.6 Å². The monoisotopic (exact) mass is 505 g/mol. The molecule has 1 unspecified atom stereocenters. The summed E-state index contributed by atoms with van der Waals surface area (Å²) in [6.07, 6.45) is 6.49. The van der Waals surface area contributed by atoms with Gasteiger partial charge in [0.05, 0.1) is 12.0 Å². The number of carbonyl (C=O) groups excluding carboxylic acids is 2. The van der Waals surface area contributed by atoms with Crippen LogP contribution in [0.3, 0.4) is 0 Å². The number of carbonyl (C=O) groups is 2. The lowest BCUT2D eigenvalue weighted by atomic mass is 9.78. The molecule has 8 nitrogen and oxygen atoms in total. The maximum Gasteiger partial charge on any atom is 0.311 e. The Balaban J connectivity index is 1.60. The highest BCUT2D eigenvalue weighted by Gasteiger charge is 2.32. The van der Waals surface area contributed by atoms with E-state index in [9.17, 15) is 9.59 Å². The van der Waals surface area contributed by atoms with Crippen LogP contribution in [-0.4, -0.2) is 40.2 Å². The summed E-state index contributed by atoms with van der Waals surface area (Å²) in [6, 6.07) is 15.2. The summed E-state index contributed by atoms with van der Waals surface area (Å²) in [4.78, 5) is 33.4. The van der Waals surface area contributed by atoms with Crippen LogP contribution in [0.15, 0.2) is 67.1 Å². The van der Waals surface area contributed by atoms with Crippen molar-refractivity contribution in [1.29, 1.82) is 0 Å². The van der Waals surface area contributed by atoms with Crippen molar-refractivity contribution in [3.8, 4) is 5.88 Å². The van der Waals surface area contributed by atoms with E-state index in [1.807, 2.05) is 50.2 Å². The number of amides is 1. The van der Waals surface area contributed by atoms with Gasteiger partial charge in [0.25, 0.3) is 5.91 Å². The molecule has 2 N–H and O–H groups in total. The van der Waals surface area contributed by atoms with Crippen molar-refractivity contribution in [2.75, 3.05) is 13.2 Å². The number of ether oxygens (including phenoxy) is 2. The summed E-state index contributed by atoms with van der Waals surface area (Å²) >= 11 is 0. The third-order valence-corrected chi connectivity index (χ3v) is 6.14. The lowest BCUT2D eigenvalue weighted by Crippen LogP contribution is -2.29. The van der Waals surface area contributed by atoms with E-state index in [-0.39, 0.29) is 43.5 Å². The average Bonchev–Trinajstić information content (AvgIpc) is 2.93. The van der Waals surface area contributed by atoms with Gasteiger partial charge in [-0.15, -0.1) is 0 Å². The van der Waals surface area contributed by atoms with Crippen molar-refractivity contribution in [2.24, 2.45) is 5.41 Å². The average molecular weight is 506 g/mol. The number of hydrogen-bond donors (Lipinski definition) is 2. The first-order valence-corrected chi connectivity index (χ1v) is 12.5. The van der Waals surface area contributed by atoms with E-state index in [2.05, 4.69) is 22.2 Å². The highest BCUT2D eigenvalue weighted by atomic mass is 16.5. The number of aliphatic hydroxyl groups excluding tert-OH is 1. The first-order chi connectivity index (χ1) is 17.8. The van der Waals surface area contributed by atoms with Crippen LogP contribution in [-0.2, 0) is 22.7 Å². The standard InChI is InChI=1S/C29H35N3O5/c1-4-23(17-29(2,3)28(35)36-16-15-33)24-11-9-21(10-12-24)20-37-27-25(8-6-14-31-27)26(34)32-19-22-7-5-13-30-18-22/h5-14,18,23,33H,4,15-17,19-20H2,1-3H3,(H,32,34). The molecule has 0 aliphatic rings. The predicted molar refractivity (Wildman–Crippen MR) is 140 cm³/mol. The Morgan fingerprint density at radius 1 is 1.05 bits per heavy atom. The number of pyridine rings is 2. The third-order valence-electron chi connectivity index (χ3n) is 6.14.